The van der Waals surface area contributed by atoms with E-state index < -0.39 is 0 Å². The van der Waals surface area contributed by atoms with Crippen molar-refractivity contribution in [1.82, 2.24) is 0 Å². The minimum absolute atomic E-state index is 0.0632. The Morgan fingerprint density at radius 1 is 1.22 bits per heavy atom. The van der Waals surface area contributed by atoms with Crippen LogP contribution in [0.1, 0.15) is 20.8 Å². The van der Waals surface area contributed by atoms with E-state index in [0.29, 0.717) is 13.2 Å². The molecule has 0 aliphatic heterocycles. The lowest BCUT2D eigenvalue weighted by Gasteiger charge is -2.18. The van der Waals surface area contributed by atoms with Crippen molar-refractivity contribution >= 4 is 12.9 Å². The zero-order valence-electron chi connectivity index (χ0n) is 6.18. The highest BCUT2D eigenvalue weighted by atomic mass is 32.1. The van der Waals surface area contributed by atoms with E-state index in [-0.39, 0.29) is 5.60 Å². The van der Waals surface area contributed by atoms with Crippen molar-refractivity contribution < 1.29 is 8.92 Å². The molecular formula is C6H14O2S. The average molecular weight is 150 g/mol. The molecule has 0 rings (SSSR count). The van der Waals surface area contributed by atoms with E-state index in [1.54, 1.807) is 0 Å². The first-order valence-corrected chi connectivity index (χ1v) is 3.33. The molecule has 56 valence electrons. The fraction of sp³-hybridized carbons (Fsp3) is 1.00. The molecule has 0 radical (unpaired) electrons. The van der Waals surface area contributed by atoms with Gasteiger partial charge in [0.2, 0.25) is 0 Å². The van der Waals surface area contributed by atoms with E-state index in [1.807, 2.05) is 20.8 Å². The van der Waals surface area contributed by atoms with Crippen LogP contribution in [0, 0.1) is 0 Å². The van der Waals surface area contributed by atoms with Gasteiger partial charge in [-0.2, -0.15) is 0 Å². The second-order valence-electron chi connectivity index (χ2n) is 2.79. The van der Waals surface area contributed by atoms with Gasteiger partial charge in [0.05, 0.1) is 18.8 Å². The topological polar surface area (TPSA) is 18.5 Å². The molecule has 0 amide bonds. The molecule has 0 saturated carbocycles. The van der Waals surface area contributed by atoms with Gasteiger partial charge in [-0.3, -0.25) is 0 Å². The van der Waals surface area contributed by atoms with Gasteiger partial charge in [0, 0.05) is 0 Å². The van der Waals surface area contributed by atoms with Crippen LogP contribution in [0.5, 0.6) is 0 Å². The van der Waals surface area contributed by atoms with E-state index in [4.69, 9.17) is 4.74 Å². The van der Waals surface area contributed by atoms with Crippen molar-refractivity contribution in [3.8, 4) is 0 Å². The molecule has 0 bridgehead atoms. The van der Waals surface area contributed by atoms with E-state index in [2.05, 4.69) is 17.1 Å². The SMILES string of the molecule is CC(C)(C)OCCOS. The third-order valence-electron chi connectivity index (χ3n) is 0.710. The van der Waals surface area contributed by atoms with Crippen LogP contribution in [0.4, 0.5) is 0 Å². The highest BCUT2D eigenvalue weighted by Crippen LogP contribution is 2.05. The molecule has 0 aromatic carbocycles. The monoisotopic (exact) mass is 150 g/mol. The van der Waals surface area contributed by atoms with Gasteiger partial charge in [-0.25, -0.2) is 0 Å². The van der Waals surface area contributed by atoms with Crippen LogP contribution in [0.3, 0.4) is 0 Å². The Labute approximate surface area is 62.2 Å². The first-order valence-electron chi connectivity index (χ1n) is 2.96. The molecule has 0 fully saturated rings. The van der Waals surface area contributed by atoms with Gasteiger partial charge in [-0.1, -0.05) is 0 Å². The number of rotatable bonds is 3. The Morgan fingerprint density at radius 3 is 2.11 bits per heavy atom. The lowest BCUT2D eigenvalue weighted by molar-refractivity contribution is -0.0137. The molecule has 0 unspecified atom stereocenters. The summed E-state index contributed by atoms with van der Waals surface area (Å²) in [5, 5.41) is 0. The summed E-state index contributed by atoms with van der Waals surface area (Å²) in [6.45, 7) is 7.16. The van der Waals surface area contributed by atoms with Gasteiger partial charge < -0.3 is 8.92 Å². The second-order valence-corrected chi connectivity index (χ2v) is 3.05. The second kappa shape index (κ2) is 4.14. The first kappa shape index (κ1) is 9.27. The highest BCUT2D eigenvalue weighted by molar-refractivity contribution is 7.75. The Hall–Kier alpha value is 0.270. The van der Waals surface area contributed by atoms with Crippen molar-refractivity contribution in [3.63, 3.8) is 0 Å². The van der Waals surface area contributed by atoms with Gasteiger partial charge >= 0.3 is 0 Å². The normalized spacial score (nSPS) is 12.0. The van der Waals surface area contributed by atoms with Gasteiger partial charge in [0.15, 0.2) is 0 Å². The third kappa shape index (κ3) is 8.27. The Bertz CT molecular complexity index is 67.9. The van der Waals surface area contributed by atoms with Gasteiger partial charge in [0.1, 0.15) is 0 Å². The maximum absolute atomic E-state index is 5.30. The molecule has 0 aliphatic carbocycles. The number of thiol groups is 1. The zero-order chi connectivity index (χ0) is 7.33. The molecule has 0 aliphatic rings. The van der Waals surface area contributed by atoms with Gasteiger partial charge in [0.25, 0.3) is 0 Å². The van der Waals surface area contributed by atoms with Crippen molar-refractivity contribution in [1.29, 1.82) is 0 Å². The minimum atomic E-state index is -0.0632. The first-order chi connectivity index (χ1) is 4.06. The summed E-state index contributed by atoms with van der Waals surface area (Å²) in [6.07, 6.45) is 0. The van der Waals surface area contributed by atoms with Crippen molar-refractivity contribution in [3.05, 3.63) is 0 Å². The molecule has 0 aromatic rings. The molecule has 0 saturated heterocycles. The highest BCUT2D eigenvalue weighted by Gasteiger charge is 2.08. The fourth-order valence-electron chi connectivity index (χ4n) is 0.385. The van der Waals surface area contributed by atoms with Crippen LogP contribution in [0.2, 0.25) is 0 Å². The Kier molecular flexibility index (Phi) is 4.27. The maximum Gasteiger partial charge on any atom is 0.0844 e. The van der Waals surface area contributed by atoms with Crippen LogP contribution >= 0.6 is 12.9 Å². The van der Waals surface area contributed by atoms with E-state index in [1.165, 1.54) is 0 Å². The summed E-state index contributed by atoms with van der Waals surface area (Å²) < 4.78 is 9.80. The molecular weight excluding hydrogens is 136 g/mol. The molecule has 2 nitrogen and oxygen atoms in total. The van der Waals surface area contributed by atoms with Crippen LogP contribution in [-0.4, -0.2) is 18.8 Å². The summed E-state index contributed by atoms with van der Waals surface area (Å²) in [6, 6.07) is 0. The van der Waals surface area contributed by atoms with Crippen LogP contribution in [0.15, 0.2) is 0 Å². The largest absolute Gasteiger partial charge is 0.373 e. The zero-order valence-corrected chi connectivity index (χ0v) is 7.07. The summed E-state index contributed by atoms with van der Waals surface area (Å²) in [7, 11) is 0. The molecule has 0 atom stereocenters. The maximum atomic E-state index is 5.30. The summed E-state index contributed by atoms with van der Waals surface area (Å²) in [5.74, 6) is 0. The molecule has 0 spiro atoms. The summed E-state index contributed by atoms with van der Waals surface area (Å²) in [5.41, 5.74) is -0.0632. The third-order valence-corrected chi connectivity index (χ3v) is 0.892. The Balaban J connectivity index is 3.07. The lowest BCUT2D eigenvalue weighted by atomic mass is 10.2. The number of hydrogen-bond donors (Lipinski definition) is 1. The average Bonchev–Trinajstić information content (AvgIpc) is 1.63. The van der Waals surface area contributed by atoms with E-state index >= 15 is 0 Å². The molecule has 3 heteroatoms. The number of hydrogen-bond acceptors (Lipinski definition) is 3. The Morgan fingerprint density at radius 2 is 1.78 bits per heavy atom. The fourth-order valence-corrected chi connectivity index (χ4v) is 0.460. The molecule has 0 heterocycles. The molecule has 9 heavy (non-hydrogen) atoms. The predicted molar refractivity (Wildman–Crippen MR) is 40.6 cm³/mol. The van der Waals surface area contributed by atoms with Crippen molar-refractivity contribution in [2.45, 2.75) is 26.4 Å². The lowest BCUT2D eigenvalue weighted by Crippen LogP contribution is -2.21. The molecule has 0 aromatic heterocycles. The number of ether oxygens (including phenoxy) is 1. The van der Waals surface area contributed by atoms with Crippen molar-refractivity contribution in [2.75, 3.05) is 13.2 Å². The van der Waals surface area contributed by atoms with E-state index in [9.17, 15) is 0 Å². The van der Waals surface area contributed by atoms with Gasteiger partial charge in [-0.05, 0) is 33.7 Å². The van der Waals surface area contributed by atoms with Crippen molar-refractivity contribution in [2.24, 2.45) is 0 Å². The minimum Gasteiger partial charge on any atom is -0.373 e. The van der Waals surface area contributed by atoms with Crippen LogP contribution < -0.4 is 0 Å². The predicted octanol–water partition coefficient (Wildman–Crippen LogP) is 1.66. The summed E-state index contributed by atoms with van der Waals surface area (Å²) in [4.78, 5) is 0. The quantitative estimate of drug-likeness (QED) is 0.375. The van der Waals surface area contributed by atoms with Gasteiger partial charge in [-0.15, -0.1) is 0 Å². The standard InChI is InChI=1S/C6H14O2S/c1-6(2,3)7-4-5-8-9/h9H,4-5H2,1-3H3. The molecule has 0 N–H and O–H groups in total. The van der Waals surface area contributed by atoms with Crippen LogP contribution in [-0.2, 0) is 8.92 Å². The summed E-state index contributed by atoms with van der Waals surface area (Å²) >= 11 is 3.57. The van der Waals surface area contributed by atoms with Crippen LogP contribution in [0.25, 0.3) is 0 Å². The smallest absolute Gasteiger partial charge is 0.0844 e. The van der Waals surface area contributed by atoms with E-state index in [0.717, 1.165) is 0 Å².